The van der Waals surface area contributed by atoms with E-state index in [9.17, 15) is 19.3 Å². The summed E-state index contributed by atoms with van der Waals surface area (Å²) in [5.41, 5.74) is 2.85. The molecule has 0 fully saturated rings. The van der Waals surface area contributed by atoms with Gasteiger partial charge < -0.3 is 10.1 Å². The van der Waals surface area contributed by atoms with E-state index in [0.29, 0.717) is 11.4 Å². The molecule has 9 heteroatoms. The highest BCUT2D eigenvalue weighted by atomic mass is 19.1. The van der Waals surface area contributed by atoms with Gasteiger partial charge >= 0.3 is 5.82 Å². The second kappa shape index (κ2) is 6.57. The van der Waals surface area contributed by atoms with Gasteiger partial charge in [0.15, 0.2) is 12.4 Å². The lowest BCUT2D eigenvalue weighted by Gasteiger charge is -2.01. The summed E-state index contributed by atoms with van der Waals surface area (Å²) in [6.45, 7) is 1.28. The van der Waals surface area contributed by atoms with Crippen LogP contribution < -0.4 is 5.43 Å². The Balaban J connectivity index is 1.97. The van der Waals surface area contributed by atoms with Crippen LogP contribution in [0.15, 0.2) is 35.6 Å². The van der Waals surface area contributed by atoms with Crippen LogP contribution in [0.5, 0.6) is 0 Å². The van der Waals surface area contributed by atoms with Crippen molar-refractivity contribution >= 4 is 17.9 Å². The van der Waals surface area contributed by atoms with Crippen molar-refractivity contribution in [3.63, 3.8) is 0 Å². The van der Waals surface area contributed by atoms with E-state index in [2.05, 4.69) is 15.5 Å². The molecular formula is C13H12FN5O3. The Hall–Kier alpha value is -3.10. The molecule has 2 rings (SSSR count). The normalized spacial score (nSPS) is 10.8. The minimum absolute atomic E-state index is 0.268. The minimum atomic E-state index is -0.616. The monoisotopic (exact) mass is 305 g/mol. The molecule has 0 unspecified atom stereocenters. The van der Waals surface area contributed by atoms with Crippen LogP contribution in [-0.4, -0.2) is 26.6 Å². The first-order valence-electron chi connectivity index (χ1n) is 6.21. The molecule has 0 aliphatic carbocycles. The number of hydrazone groups is 1. The molecule has 8 nitrogen and oxygen atoms in total. The van der Waals surface area contributed by atoms with Gasteiger partial charge in [-0.05, 0) is 22.6 Å². The lowest BCUT2D eigenvalue weighted by Crippen LogP contribution is -2.24. The number of halogens is 1. The molecule has 1 aromatic heterocycles. The molecule has 0 spiro atoms. The molecule has 0 aliphatic rings. The van der Waals surface area contributed by atoms with E-state index in [4.69, 9.17) is 0 Å². The lowest BCUT2D eigenvalue weighted by atomic mass is 10.2. The second-order valence-electron chi connectivity index (χ2n) is 4.35. The average Bonchev–Trinajstić information content (AvgIpc) is 2.82. The van der Waals surface area contributed by atoms with E-state index < -0.39 is 10.8 Å². The summed E-state index contributed by atoms with van der Waals surface area (Å²) in [7, 11) is 0. The molecule has 1 amide bonds. The third-order valence-electron chi connectivity index (χ3n) is 2.80. The van der Waals surface area contributed by atoms with E-state index in [0.717, 1.165) is 6.20 Å². The Labute approximate surface area is 124 Å². The van der Waals surface area contributed by atoms with Crippen molar-refractivity contribution in [1.82, 2.24) is 15.0 Å². The summed E-state index contributed by atoms with van der Waals surface area (Å²) in [5.74, 6) is -0.828. The smallest absolute Gasteiger partial charge is 0.343 e. The van der Waals surface area contributed by atoms with Crippen LogP contribution in [0, 0.1) is 22.9 Å². The van der Waals surface area contributed by atoms with Gasteiger partial charge in [0.2, 0.25) is 0 Å². The number of hydrogen-bond acceptors (Lipinski definition) is 5. The number of hydrogen-bond donors (Lipinski definition) is 1. The third kappa shape index (κ3) is 3.72. The number of amides is 1. The fourth-order valence-electron chi connectivity index (χ4n) is 1.70. The molecule has 1 aromatic carbocycles. The first-order chi connectivity index (χ1) is 10.5. The molecule has 0 atom stereocenters. The van der Waals surface area contributed by atoms with Crippen molar-refractivity contribution in [1.29, 1.82) is 0 Å². The number of carbonyl (C=O) groups excluding carboxylic acids is 1. The maximum Gasteiger partial charge on any atom is 0.343 e. The van der Waals surface area contributed by atoms with Gasteiger partial charge in [-0.3, -0.25) is 4.79 Å². The average molecular weight is 305 g/mol. The van der Waals surface area contributed by atoms with Crippen LogP contribution in [0.25, 0.3) is 0 Å². The second-order valence-corrected chi connectivity index (χ2v) is 4.35. The molecule has 0 saturated carbocycles. The van der Waals surface area contributed by atoms with Gasteiger partial charge in [-0.1, -0.05) is 12.1 Å². The Bertz CT molecular complexity index is 724. The number of nitrogens with zero attached hydrogens (tertiary/aromatic N) is 4. The zero-order valence-corrected chi connectivity index (χ0v) is 11.6. The molecule has 114 valence electrons. The van der Waals surface area contributed by atoms with Gasteiger partial charge in [0.1, 0.15) is 12.0 Å². The van der Waals surface area contributed by atoms with Crippen molar-refractivity contribution < 1.29 is 14.1 Å². The molecule has 1 N–H and O–H groups in total. The summed E-state index contributed by atoms with van der Waals surface area (Å²) in [6.07, 6.45) is 2.43. The zero-order valence-electron chi connectivity index (χ0n) is 11.6. The van der Waals surface area contributed by atoms with Crippen LogP contribution in [0.2, 0.25) is 0 Å². The zero-order chi connectivity index (χ0) is 16.1. The highest BCUT2D eigenvalue weighted by Gasteiger charge is 2.19. The van der Waals surface area contributed by atoms with Crippen LogP contribution in [-0.2, 0) is 11.3 Å². The number of aryl methyl sites for hydroxylation is 1. The van der Waals surface area contributed by atoms with Crippen LogP contribution in [0.4, 0.5) is 10.2 Å². The molecule has 2 aromatic rings. The SMILES string of the molecule is Cc1ncc([N+](=O)[O-])n1CC(=O)N/N=C\c1ccc(F)cc1. The van der Waals surface area contributed by atoms with Crippen LogP contribution in [0.3, 0.4) is 0 Å². The largest absolute Gasteiger partial charge is 0.358 e. The van der Waals surface area contributed by atoms with Gasteiger partial charge in [-0.2, -0.15) is 5.10 Å². The quantitative estimate of drug-likeness (QED) is 0.512. The predicted molar refractivity (Wildman–Crippen MR) is 75.8 cm³/mol. The minimum Gasteiger partial charge on any atom is -0.358 e. The Morgan fingerprint density at radius 1 is 1.50 bits per heavy atom. The van der Waals surface area contributed by atoms with E-state index in [1.54, 1.807) is 6.92 Å². The summed E-state index contributed by atoms with van der Waals surface area (Å²) < 4.78 is 13.9. The summed E-state index contributed by atoms with van der Waals surface area (Å²) in [5, 5.41) is 14.5. The van der Waals surface area contributed by atoms with Gasteiger partial charge in [0, 0.05) is 6.92 Å². The Kier molecular flexibility index (Phi) is 4.57. The van der Waals surface area contributed by atoms with E-state index in [1.165, 1.54) is 35.0 Å². The lowest BCUT2D eigenvalue weighted by molar-refractivity contribution is -0.392. The first kappa shape index (κ1) is 15.3. The van der Waals surface area contributed by atoms with Gasteiger partial charge in [0.25, 0.3) is 5.91 Å². The van der Waals surface area contributed by atoms with Crippen LogP contribution in [0.1, 0.15) is 11.4 Å². The van der Waals surface area contributed by atoms with Gasteiger partial charge in [-0.25, -0.2) is 19.4 Å². The maximum atomic E-state index is 12.7. The van der Waals surface area contributed by atoms with Gasteiger partial charge in [0.05, 0.1) is 6.21 Å². The number of aromatic nitrogens is 2. The predicted octanol–water partition coefficient (Wildman–Crippen LogP) is 1.39. The fraction of sp³-hybridized carbons (Fsp3) is 0.154. The van der Waals surface area contributed by atoms with E-state index in [1.807, 2.05) is 0 Å². The van der Waals surface area contributed by atoms with Crippen molar-refractivity contribution in [2.45, 2.75) is 13.5 Å². The van der Waals surface area contributed by atoms with Crippen LogP contribution >= 0.6 is 0 Å². The number of nitrogens with one attached hydrogen (secondary N) is 1. The number of nitro groups is 1. The molecule has 1 heterocycles. The maximum absolute atomic E-state index is 12.7. The topological polar surface area (TPSA) is 102 Å². The molecule has 0 bridgehead atoms. The third-order valence-corrected chi connectivity index (χ3v) is 2.80. The number of imidazole rings is 1. The van der Waals surface area contributed by atoms with Crippen molar-refractivity contribution in [2.24, 2.45) is 5.10 Å². The Morgan fingerprint density at radius 2 is 2.18 bits per heavy atom. The van der Waals surface area contributed by atoms with Gasteiger partial charge in [-0.15, -0.1) is 0 Å². The number of carbonyl (C=O) groups is 1. The number of rotatable bonds is 5. The summed E-state index contributed by atoms with van der Waals surface area (Å²) >= 11 is 0. The summed E-state index contributed by atoms with van der Waals surface area (Å²) in [4.78, 5) is 25.7. The molecule has 22 heavy (non-hydrogen) atoms. The van der Waals surface area contributed by atoms with Crippen molar-refractivity contribution in [3.05, 3.63) is 57.8 Å². The molecule has 0 saturated heterocycles. The molecular weight excluding hydrogens is 293 g/mol. The first-order valence-corrected chi connectivity index (χ1v) is 6.21. The highest BCUT2D eigenvalue weighted by Crippen LogP contribution is 2.12. The summed E-state index contributed by atoms with van der Waals surface area (Å²) in [6, 6.07) is 5.52. The molecule has 0 radical (unpaired) electrons. The van der Waals surface area contributed by atoms with E-state index >= 15 is 0 Å². The standard InChI is InChI=1S/C13H12FN5O3/c1-9-15-7-13(19(21)22)18(9)8-12(20)17-16-6-10-2-4-11(14)5-3-10/h2-7H,8H2,1H3,(H,17,20)/b16-6-. The fourth-order valence-corrected chi connectivity index (χ4v) is 1.70. The Morgan fingerprint density at radius 3 is 2.82 bits per heavy atom. The van der Waals surface area contributed by atoms with Crippen molar-refractivity contribution in [2.75, 3.05) is 0 Å². The molecule has 0 aliphatic heterocycles. The highest BCUT2D eigenvalue weighted by molar-refractivity contribution is 5.82. The number of benzene rings is 1. The van der Waals surface area contributed by atoms with Crippen molar-refractivity contribution in [3.8, 4) is 0 Å². The van der Waals surface area contributed by atoms with E-state index in [-0.39, 0.29) is 18.2 Å².